The summed E-state index contributed by atoms with van der Waals surface area (Å²) in [6.45, 7) is 0.620. The quantitative estimate of drug-likeness (QED) is 0.695. The summed E-state index contributed by atoms with van der Waals surface area (Å²) in [7, 11) is 3.21. The number of rotatable bonds is 4. The Balaban J connectivity index is 2.40. The summed E-state index contributed by atoms with van der Waals surface area (Å²) in [6, 6.07) is 13.1. The summed E-state index contributed by atoms with van der Waals surface area (Å²) in [5.41, 5.74) is 8.28. The molecule has 0 heterocycles. The largest absolute Gasteiger partial charge is 0.465 e. The van der Waals surface area contributed by atoms with Gasteiger partial charge in [0.05, 0.1) is 23.4 Å². The molecule has 2 aromatic rings. The summed E-state index contributed by atoms with van der Waals surface area (Å²) in [4.78, 5) is 13.8. The van der Waals surface area contributed by atoms with Gasteiger partial charge in [-0.3, -0.25) is 0 Å². The minimum absolute atomic E-state index is 0.362. The van der Waals surface area contributed by atoms with Crippen LogP contribution in [-0.4, -0.2) is 20.1 Å². The van der Waals surface area contributed by atoms with Gasteiger partial charge < -0.3 is 15.4 Å². The third kappa shape index (κ3) is 3.47. The highest BCUT2D eigenvalue weighted by Gasteiger charge is 2.19. The zero-order chi connectivity index (χ0) is 15.4. The number of nitrogens with two attached hydrogens (primary N) is 1. The summed E-state index contributed by atoms with van der Waals surface area (Å²) in [5, 5.41) is 0.425. The van der Waals surface area contributed by atoms with E-state index in [1.54, 1.807) is 12.1 Å². The second kappa shape index (κ2) is 6.50. The lowest BCUT2D eigenvalue weighted by Crippen LogP contribution is -2.20. The van der Waals surface area contributed by atoms with Crippen molar-refractivity contribution < 1.29 is 9.53 Å². The predicted molar refractivity (Wildman–Crippen MR) is 85.8 cm³/mol. The average Bonchev–Trinajstić information content (AvgIpc) is 2.46. The molecule has 0 aliphatic heterocycles. The minimum atomic E-state index is -0.459. The number of ether oxygens (including phenoxy) is 1. The van der Waals surface area contributed by atoms with Gasteiger partial charge in [0.2, 0.25) is 0 Å². The van der Waals surface area contributed by atoms with E-state index in [1.807, 2.05) is 42.3 Å². The van der Waals surface area contributed by atoms with Crippen molar-refractivity contribution in [3.05, 3.63) is 58.6 Å². The molecule has 21 heavy (non-hydrogen) atoms. The first kappa shape index (κ1) is 15.2. The molecule has 0 amide bonds. The Labute approximate surface area is 129 Å². The monoisotopic (exact) mass is 304 g/mol. The molecule has 0 aliphatic rings. The molecule has 0 aromatic heterocycles. The van der Waals surface area contributed by atoms with Crippen LogP contribution in [0.4, 0.5) is 11.4 Å². The van der Waals surface area contributed by atoms with E-state index in [9.17, 15) is 4.79 Å². The highest BCUT2D eigenvalue weighted by atomic mass is 35.5. The molecule has 110 valence electrons. The van der Waals surface area contributed by atoms with Crippen LogP contribution in [0, 0.1) is 0 Å². The zero-order valence-electron chi connectivity index (χ0n) is 12.0. The number of hydrogen-bond acceptors (Lipinski definition) is 4. The van der Waals surface area contributed by atoms with E-state index >= 15 is 0 Å². The van der Waals surface area contributed by atoms with Crippen molar-refractivity contribution in [1.82, 2.24) is 0 Å². The summed E-state index contributed by atoms with van der Waals surface area (Å²) >= 11 is 6.27. The van der Waals surface area contributed by atoms with Gasteiger partial charge in [0, 0.05) is 19.3 Å². The van der Waals surface area contributed by atoms with Gasteiger partial charge in [-0.25, -0.2) is 4.79 Å². The summed E-state index contributed by atoms with van der Waals surface area (Å²) in [6.07, 6.45) is 0. The Morgan fingerprint density at radius 2 is 1.95 bits per heavy atom. The number of methoxy groups -OCH3 is 1. The van der Waals surface area contributed by atoms with Crippen LogP contribution in [0.2, 0.25) is 5.02 Å². The van der Waals surface area contributed by atoms with Gasteiger partial charge in [-0.05, 0) is 17.7 Å². The third-order valence-corrected chi connectivity index (χ3v) is 3.42. The van der Waals surface area contributed by atoms with E-state index in [0.29, 0.717) is 28.5 Å². The lowest BCUT2D eigenvalue weighted by Gasteiger charge is -2.23. The van der Waals surface area contributed by atoms with E-state index in [2.05, 4.69) is 0 Å². The Kier molecular flexibility index (Phi) is 4.70. The zero-order valence-corrected chi connectivity index (χ0v) is 12.7. The SMILES string of the molecule is COC(=O)c1cc(N)cc(Cl)c1N(C)Cc1ccccc1. The van der Waals surface area contributed by atoms with Crippen molar-refractivity contribution in [1.29, 1.82) is 0 Å². The number of nitrogens with zero attached hydrogens (tertiary/aromatic N) is 1. The van der Waals surface area contributed by atoms with Crippen molar-refractivity contribution in [3.63, 3.8) is 0 Å². The first-order valence-electron chi connectivity index (χ1n) is 6.45. The third-order valence-electron chi connectivity index (χ3n) is 3.14. The number of anilines is 2. The number of halogens is 1. The molecule has 0 fully saturated rings. The Morgan fingerprint density at radius 1 is 1.29 bits per heavy atom. The van der Waals surface area contributed by atoms with E-state index < -0.39 is 5.97 Å². The molecule has 0 aliphatic carbocycles. The van der Waals surface area contributed by atoms with Crippen molar-refractivity contribution in [2.24, 2.45) is 0 Å². The predicted octanol–water partition coefficient (Wildman–Crippen LogP) is 3.35. The van der Waals surface area contributed by atoms with Crippen LogP contribution in [0.15, 0.2) is 42.5 Å². The van der Waals surface area contributed by atoms with Crippen molar-refractivity contribution in [2.75, 3.05) is 24.8 Å². The topological polar surface area (TPSA) is 55.6 Å². The number of benzene rings is 2. The maximum Gasteiger partial charge on any atom is 0.340 e. The molecular weight excluding hydrogens is 288 g/mol. The fraction of sp³-hybridized carbons (Fsp3) is 0.188. The number of carbonyl (C=O) groups excluding carboxylic acids is 1. The van der Waals surface area contributed by atoms with Gasteiger partial charge >= 0.3 is 5.97 Å². The van der Waals surface area contributed by atoms with Gasteiger partial charge in [0.25, 0.3) is 0 Å². The molecule has 0 bridgehead atoms. The number of esters is 1. The van der Waals surface area contributed by atoms with Crippen LogP contribution in [0.1, 0.15) is 15.9 Å². The second-order valence-corrected chi connectivity index (χ2v) is 5.14. The van der Waals surface area contributed by atoms with Crippen LogP contribution in [-0.2, 0) is 11.3 Å². The number of nitrogen functional groups attached to an aromatic ring is 1. The smallest absolute Gasteiger partial charge is 0.340 e. The van der Waals surface area contributed by atoms with Gasteiger partial charge in [0.15, 0.2) is 0 Å². The normalized spacial score (nSPS) is 10.2. The van der Waals surface area contributed by atoms with E-state index in [0.717, 1.165) is 5.56 Å². The van der Waals surface area contributed by atoms with Crippen LogP contribution in [0.25, 0.3) is 0 Å². The molecule has 2 rings (SSSR count). The lowest BCUT2D eigenvalue weighted by atomic mass is 10.1. The maximum absolute atomic E-state index is 11.9. The summed E-state index contributed by atoms with van der Waals surface area (Å²) in [5.74, 6) is -0.459. The Bertz CT molecular complexity index is 644. The Hall–Kier alpha value is -2.20. The molecule has 0 spiro atoms. The van der Waals surface area contributed by atoms with E-state index in [-0.39, 0.29) is 0 Å². The molecule has 0 saturated heterocycles. The molecule has 4 nitrogen and oxygen atoms in total. The average molecular weight is 305 g/mol. The lowest BCUT2D eigenvalue weighted by molar-refractivity contribution is 0.0601. The van der Waals surface area contributed by atoms with Crippen LogP contribution >= 0.6 is 11.6 Å². The van der Waals surface area contributed by atoms with Gasteiger partial charge in [0.1, 0.15) is 0 Å². The van der Waals surface area contributed by atoms with Gasteiger partial charge in [-0.1, -0.05) is 41.9 Å². The standard InChI is InChI=1S/C16H17ClN2O2/c1-19(10-11-6-4-3-5-7-11)15-13(16(20)21-2)8-12(18)9-14(15)17/h3-9H,10,18H2,1-2H3. The van der Waals surface area contributed by atoms with Crippen molar-refractivity contribution in [2.45, 2.75) is 6.54 Å². The first-order chi connectivity index (χ1) is 10.0. The molecule has 5 heteroatoms. The molecule has 0 radical (unpaired) electrons. The van der Waals surface area contributed by atoms with Crippen molar-refractivity contribution in [3.8, 4) is 0 Å². The second-order valence-electron chi connectivity index (χ2n) is 4.73. The first-order valence-corrected chi connectivity index (χ1v) is 6.83. The molecule has 2 aromatic carbocycles. The fourth-order valence-corrected chi connectivity index (χ4v) is 2.58. The molecule has 2 N–H and O–H groups in total. The summed E-state index contributed by atoms with van der Waals surface area (Å²) < 4.78 is 4.81. The minimum Gasteiger partial charge on any atom is -0.465 e. The van der Waals surface area contributed by atoms with Crippen molar-refractivity contribution >= 4 is 28.9 Å². The van der Waals surface area contributed by atoms with Gasteiger partial charge in [-0.2, -0.15) is 0 Å². The molecule has 0 unspecified atom stereocenters. The Morgan fingerprint density at radius 3 is 2.57 bits per heavy atom. The highest BCUT2D eigenvalue weighted by molar-refractivity contribution is 6.34. The maximum atomic E-state index is 11.9. The number of hydrogen-bond donors (Lipinski definition) is 1. The van der Waals surface area contributed by atoms with Crippen LogP contribution < -0.4 is 10.6 Å². The number of carbonyl (C=O) groups is 1. The van der Waals surface area contributed by atoms with E-state index in [1.165, 1.54) is 7.11 Å². The molecule has 0 atom stereocenters. The van der Waals surface area contributed by atoms with Crippen LogP contribution in [0.5, 0.6) is 0 Å². The van der Waals surface area contributed by atoms with Crippen LogP contribution in [0.3, 0.4) is 0 Å². The fourth-order valence-electron chi connectivity index (χ4n) is 2.21. The van der Waals surface area contributed by atoms with E-state index in [4.69, 9.17) is 22.1 Å². The van der Waals surface area contributed by atoms with Gasteiger partial charge in [-0.15, -0.1) is 0 Å². The molecule has 0 saturated carbocycles. The molecular formula is C16H17ClN2O2. The highest BCUT2D eigenvalue weighted by Crippen LogP contribution is 2.33.